The zero-order valence-electron chi connectivity index (χ0n) is 11.9. The Labute approximate surface area is 118 Å². The standard InChI is InChI=1S/C15H20N2OS/c1-5-12-13(15(2,3)16)19-14(17-12)10-6-8-11(18-4)9-7-10/h6-9H,5,16H2,1-4H3. The van der Waals surface area contributed by atoms with Crippen LogP contribution in [0.5, 0.6) is 5.75 Å². The molecular weight excluding hydrogens is 256 g/mol. The summed E-state index contributed by atoms with van der Waals surface area (Å²) in [7, 11) is 1.67. The van der Waals surface area contributed by atoms with E-state index >= 15 is 0 Å². The molecule has 1 heterocycles. The van der Waals surface area contributed by atoms with Gasteiger partial charge in [0.25, 0.3) is 0 Å². The lowest BCUT2D eigenvalue weighted by molar-refractivity contribution is 0.415. The molecule has 2 aromatic rings. The summed E-state index contributed by atoms with van der Waals surface area (Å²) in [5.74, 6) is 0.857. The Morgan fingerprint density at radius 3 is 2.32 bits per heavy atom. The van der Waals surface area contributed by atoms with Gasteiger partial charge in [-0.3, -0.25) is 0 Å². The topological polar surface area (TPSA) is 48.1 Å². The zero-order chi connectivity index (χ0) is 14.0. The summed E-state index contributed by atoms with van der Waals surface area (Å²) in [6.45, 7) is 6.16. The lowest BCUT2D eigenvalue weighted by Crippen LogP contribution is -2.28. The Morgan fingerprint density at radius 1 is 1.26 bits per heavy atom. The number of rotatable bonds is 4. The molecule has 2 rings (SSSR count). The number of nitrogens with zero attached hydrogens (tertiary/aromatic N) is 1. The molecule has 0 saturated heterocycles. The Hall–Kier alpha value is -1.39. The molecule has 0 fully saturated rings. The molecule has 0 amide bonds. The van der Waals surface area contributed by atoms with Crippen molar-refractivity contribution in [2.45, 2.75) is 32.7 Å². The first-order valence-electron chi connectivity index (χ1n) is 6.39. The minimum Gasteiger partial charge on any atom is -0.497 e. The summed E-state index contributed by atoms with van der Waals surface area (Å²) >= 11 is 1.68. The highest BCUT2D eigenvalue weighted by molar-refractivity contribution is 7.15. The SMILES string of the molecule is CCc1nc(-c2ccc(OC)cc2)sc1C(C)(C)N. The van der Waals surface area contributed by atoms with Crippen LogP contribution in [0.2, 0.25) is 0 Å². The van der Waals surface area contributed by atoms with Gasteiger partial charge in [-0.15, -0.1) is 11.3 Å². The van der Waals surface area contributed by atoms with Gasteiger partial charge in [-0.25, -0.2) is 4.98 Å². The van der Waals surface area contributed by atoms with Crippen molar-refractivity contribution in [3.05, 3.63) is 34.8 Å². The number of benzene rings is 1. The third kappa shape index (κ3) is 2.96. The van der Waals surface area contributed by atoms with E-state index in [1.54, 1.807) is 18.4 Å². The van der Waals surface area contributed by atoms with E-state index in [-0.39, 0.29) is 5.54 Å². The number of methoxy groups -OCH3 is 1. The van der Waals surface area contributed by atoms with Crippen LogP contribution < -0.4 is 10.5 Å². The van der Waals surface area contributed by atoms with Crippen molar-refractivity contribution in [2.75, 3.05) is 7.11 Å². The molecule has 19 heavy (non-hydrogen) atoms. The summed E-state index contributed by atoms with van der Waals surface area (Å²) in [6.07, 6.45) is 0.905. The fourth-order valence-electron chi connectivity index (χ4n) is 1.95. The van der Waals surface area contributed by atoms with Gasteiger partial charge in [0.2, 0.25) is 0 Å². The van der Waals surface area contributed by atoms with Crippen molar-refractivity contribution < 1.29 is 4.74 Å². The molecule has 0 aliphatic carbocycles. The molecular formula is C15H20N2OS. The van der Waals surface area contributed by atoms with E-state index in [1.165, 1.54) is 4.88 Å². The van der Waals surface area contributed by atoms with Crippen LogP contribution in [0, 0.1) is 0 Å². The number of aromatic nitrogens is 1. The summed E-state index contributed by atoms with van der Waals surface area (Å²) in [4.78, 5) is 5.89. The zero-order valence-corrected chi connectivity index (χ0v) is 12.7. The minimum absolute atomic E-state index is 0.340. The van der Waals surface area contributed by atoms with E-state index in [4.69, 9.17) is 15.5 Å². The average molecular weight is 276 g/mol. The van der Waals surface area contributed by atoms with Gasteiger partial charge in [-0.2, -0.15) is 0 Å². The van der Waals surface area contributed by atoms with Gasteiger partial charge < -0.3 is 10.5 Å². The van der Waals surface area contributed by atoms with Gasteiger partial charge in [-0.1, -0.05) is 6.92 Å². The number of thiazole rings is 1. The van der Waals surface area contributed by atoms with Gasteiger partial charge in [0.05, 0.1) is 12.8 Å². The lowest BCUT2D eigenvalue weighted by atomic mass is 10.0. The van der Waals surface area contributed by atoms with Crippen molar-refractivity contribution in [1.82, 2.24) is 4.98 Å². The first-order valence-corrected chi connectivity index (χ1v) is 7.21. The smallest absolute Gasteiger partial charge is 0.123 e. The van der Waals surface area contributed by atoms with Crippen molar-refractivity contribution in [3.8, 4) is 16.3 Å². The van der Waals surface area contributed by atoms with E-state index in [0.29, 0.717) is 0 Å². The summed E-state index contributed by atoms with van der Waals surface area (Å²) in [5.41, 5.74) is 8.09. The van der Waals surface area contributed by atoms with Crippen LogP contribution in [0.1, 0.15) is 31.3 Å². The molecule has 2 N–H and O–H groups in total. The van der Waals surface area contributed by atoms with Crippen LogP contribution >= 0.6 is 11.3 Å². The maximum atomic E-state index is 6.22. The van der Waals surface area contributed by atoms with Gasteiger partial charge in [-0.05, 0) is 44.5 Å². The Bertz CT molecular complexity index is 553. The third-order valence-corrected chi connectivity index (χ3v) is 4.44. The maximum absolute atomic E-state index is 6.22. The van der Waals surface area contributed by atoms with Crippen molar-refractivity contribution >= 4 is 11.3 Å². The van der Waals surface area contributed by atoms with E-state index < -0.39 is 0 Å². The quantitative estimate of drug-likeness (QED) is 0.928. The Balaban J connectivity index is 2.42. The molecule has 0 atom stereocenters. The number of hydrogen-bond donors (Lipinski definition) is 1. The molecule has 1 aromatic carbocycles. The molecule has 0 unspecified atom stereocenters. The van der Waals surface area contributed by atoms with Gasteiger partial charge >= 0.3 is 0 Å². The van der Waals surface area contributed by atoms with E-state index in [0.717, 1.165) is 28.4 Å². The normalized spacial score (nSPS) is 11.6. The average Bonchev–Trinajstić information content (AvgIpc) is 2.83. The fraction of sp³-hybridized carbons (Fsp3) is 0.400. The summed E-state index contributed by atoms with van der Waals surface area (Å²) < 4.78 is 5.17. The molecule has 0 spiro atoms. The van der Waals surface area contributed by atoms with Gasteiger partial charge in [0.1, 0.15) is 10.8 Å². The predicted octanol–water partition coefficient (Wildman–Crippen LogP) is 3.57. The minimum atomic E-state index is -0.340. The Kier molecular flexibility index (Phi) is 3.92. The largest absolute Gasteiger partial charge is 0.497 e. The fourth-order valence-corrected chi connectivity index (χ4v) is 3.13. The van der Waals surface area contributed by atoms with Gasteiger partial charge in [0.15, 0.2) is 0 Å². The molecule has 1 aromatic heterocycles. The highest BCUT2D eigenvalue weighted by Crippen LogP contribution is 2.34. The first-order chi connectivity index (χ1) is 8.95. The van der Waals surface area contributed by atoms with E-state index in [9.17, 15) is 0 Å². The monoisotopic (exact) mass is 276 g/mol. The molecule has 0 bridgehead atoms. The van der Waals surface area contributed by atoms with E-state index in [1.807, 2.05) is 38.1 Å². The number of ether oxygens (including phenoxy) is 1. The molecule has 0 aliphatic heterocycles. The molecule has 0 saturated carbocycles. The second kappa shape index (κ2) is 5.31. The molecule has 3 nitrogen and oxygen atoms in total. The third-order valence-electron chi connectivity index (χ3n) is 2.95. The lowest BCUT2D eigenvalue weighted by Gasteiger charge is -2.17. The molecule has 4 heteroatoms. The number of hydrogen-bond acceptors (Lipinski definition) is 4. The summed E-state index contributed by atoms with van der Waals surface area (Å²) in [6, 6.07) is 7.97. The van der Waals surface area contributed by atoms with Crippen molar-refractivity contribution in [3.63, 3.8) is 0 Å². The second-order valence-corrected chi connectivity index (χ2v) is 6.10. The first kappa shape index (κ1) is 14.0. The van der Waals surface area contributed by atoms with Gasteiger partial charge in [0, 0.05) is 16.0 Å². The van der Waals surface area contributed by atoms with Crippen molar-refractivity contribution in [1.29, 1.82) is 0 Å². The maximum Gasteiger partial charge on any atom is 0.123 e. The predicted molar refractivity (Wildman–Crippen MR) is 80.7 cm³/mol. The van der Waals surface area contributed by atoms with Crippen LogP contribution in [-0.2, 0) is 12.0 Å². The number of nitrogens with two attached hydrogens (primary N) is 1. The van der Waals surface area contributed by atoms with Crippen molar-refractivity contribution in [2.24, 2.45) is 5.73 Å². The van der Waals surface area contributed by atoms with Crippen LogP contribution in [0.25, 0.3) is 10.6 Å². The van der Waals surface area contributed by atoms with Crippen LogP contribution in [0.3, 0.4) is 0 Å². The highest BCUT2D eigenvalue weighted by Gasteiger charge is 2.22. The van der Waals surface area contributed by atoms with Crippen LogP contribution in [0.4, 0.5) is 0 Å². The summed E-state index contributed by atoms with van der Waals surface area (Å²) in [5, 5.41) is 1.02. The number of aryl methyl sites for hydroxylation is 1. The van der Waals surface area contributed by atoms with E-state index in [2.05, 4.69) is 6.92 Å². The Morgan fingerprint density at radius 2 is 1.89 bits per heavy atom. The highest BCUT2D eigenvalue weighted by atomic mass is 32.1. The molecule has 102 valence electrons. The molecule has 0 radical (unpaired) electrons. The second-order valence-electron chi connectivity index (χ2n) is 5.10. The van der Waals surface area contributed by atoms with Crippen LogP contribution in [-0.4, -0.2) is 12.1 Å². The van der Waals surface area contributed by atoms with Crippen LogP contribution in [0.15, 0.2) is 24.3 Å². The molecule has 0 aliphatic rings.